The van der Waals surface area contributed by atoms with E-state index < -0.39 is 0 Å². The highest BCUT2D eigenvalue weighted by Crippen LogP contribution is 2.20. The van der Waals surface area contributed by atoms with E-state index in [0.717, 1.165) is 11.3 Å². The fraction of sp³-hybridized carbons (Fsp3) is 0.364. The molecule has 0 aromatic heterocycles. The normalized spacial score (nSPS) is 9.64. The predicted octanol–water partition coefficient (Wildman–Crippen LogP) is 1.43. The molecule has 0 bridgehead atoms. The lowest BCUT2D eigenvalue weighted by molar-refractivity contribution is -0.122. The first-order chi connectivity index (χ1) is 6.65. The zero-order valence-corrected chi connectivity index (χ0v) is 8.76. The Morgan fingerprint density at radius 3 is 2.79 bits per heavy atom. The molecule has 14 heavy (non-hydrogen) atoms. The molecule has 3 heteroatoms. The summed E-state index contributed by atoms with van der Waals surface area (Å²) >= 11 is 0. The third-order valence-corrected chi connectivity index (χ3v) is 2.19. The summed E-state index contributed by atoms with van der Waals surface area (Å²) in [7, 11) is 1.59. The summed E-state index contributed by atoms with van der Waals surface area (Å²) in [6, 6.07) is 5.80. The fourth-order valence-corrected chi connectivity index (χ4v) is 1.10. The van der Waals surface area contributed by atoms with Crippen LogP contribution >= 0.6 is 0 Å². The van der Waals surface area contributed by atoms with Crippen LogP contribution in [0.4, 0.5) is 0 Å². The summed E-state index contributed by atoms with van der Waals surface area (Å²) in [5.41, 5.74) is 2.25. The van der Waals surface area contributed by atoms with E-state index in [1.807, 2.05) is 32.0 Å². The summed E-state index contributed by atoms with van der Waals surface area (Å²) < 4.78 is 5.36. The molecule has 3 nitrogen and oxygen atoms in total. The first-order valence-electron chi connectivity index (χ1n) is 4.54. The van der Waals surface area contributed by atoms with Crippen molar-refractivity contribution < 1.29 is 9.53 Å². The van der Waals surface area contributed by atoms with Crippen LogP contribution in [0.1, 0.15) is 11.1 Å². The highest BCUT2D eigenvalue weighted by molar-refractivity contribution is 5.77. The molecule has 0 atom stereocenters. The molecule has 0 aliphatic heterocycles. The second kappa shape index (κ2) is 4.65. The van der Waals surface area contributed by atoms with Gasteiger partial charge in [-0.3, -0.25) is 4.79 Å². The van der Waals surface area contributed by atoms with Crippen LogP contribution in [0.3, 0.4) is 0 Å². The van der Waals surface area contributed by atoms with Crippen LogP contribution in [0, 0.1) is 13.8 Å². The van der Waals surface area contributed by atoms with Gasteiger partial charge < -0.3 is 10.1 Å². The first-order valence-corrected chi connectivity index (χ1v) is 4.54. The summed E-state index contributed by atoms with van der Waals surface area (Å²) in [5, 5.41) is 2.51. The lowest BCUT2D eigenvalue weighted by Gasteiger charge is -2.09. The molecule has 0 fully saturated rings. The Balaban J connectivity index is 2.68. The van der Waals surface area contributed by atoms with Gasteiger partial charge in [-0.25, -0.2) is 0 Å². The summed E-state index contributed by atoms with van der Waals surface area (Å²) in [4.78, 5) is 10.9. The summed E-state index contributed by atoms with van der Waals surface area (Å²) in [6.07, 6.45) is 0. The number of hydrogen-bond donors (Lipinski definition) is 1. The van der Waals surface area contributed by atoms with Gasteiger partial charge in [0.05, 0.1) is 0 Å². The molecule has 1 aromatic rings. The van der Waals surface area contributed by atoms with E-state index in [0.29, 0.717) is 0 Å². The van der Waals surface area contributed by atoms with Crippen molar-refractivity contribution in [2.45, 2.75) is 13.8 Å². The van der Waals surface area contributed by atoms with Crippen LogP contribution in [0.15, 0.2) is 18.2 Å². The van der Waals surface area contributed by atoms with E-state index in [-0.39, 0.29) is 12.5 Å². The second-order valence-corrected chi connectivity index (χ2v) is 3.16. The molecule has 1 N–H and O–H groups in total. The fourth-order valence-electron chi connectivity index (χ4n) is 1.10. The zero-order chi connectivity index (χ0) is 10.6. The van der Waals surface area contributed by atoms with Crippen LogP contribution in [0.25, 0.3) is 0 Å². The second-order valence-electron chi connectivity index (χ2n) is 3.16. The number of carbonyl (C=O) groups excluding carboxylic acids is 1. The molecule has 0 spiro atoms. The number of rotatable bonds is 3. The third kappa shape index (κ3) is 2.49. The topological polar surface area (TPSA) is 38.3 Å². The summed E-state index contributed by atoms with van der Waals surface area (Å²) in [6.45, 7) is 4.07. The van der Waals surface area contributed by atoms with E-state index in [9.17, 15) is 4.79 Å². The number of aryl methyl sites for hydroxylation is 1. The predicted molar refractivity (Wildman–Crippen MR) is 55.5 cm³/mol. The molecule has 0 aliphatic carbocycles. The van der Waals surface area contributed by atoms with Crippen LogP contribution in [-0.2, 0) is 4.79 Å². The van der Waals surface area contributed by atoms with Gasteiger partial charge in [0, 0.05) is 7.05 Å². The van der Waals surface area contributed by atoms with Crippen LogP contribution in [0.5, 0.6) is 5.75 Å². The monoisotopic (exact) mass is 193 g/mol. The molecule has 0 heterocycles. The summed E-state index contributed by atoms with van der Waals surface area (Å²) in [5.74, 6) is 0.652. The van der Waals surface area contributed by atoms with Crippen LogP contribution < -0.4 is 10.1 Å². The zero-order valence-electron chi connectivity index (χ0n) is 8.76. The van der Waals surface area contributed by atoms with E-state index in [2.05, 4.69) is 5.32 Å². The molecule has 0 radical (unpaired) electrons. The maximum absolute atomic E-state index is 10.9. The molecule has 1 rings (SSSR count). The van der Waals surface area contributed by atoms with E-state index in [4.69, 9.17) is 4.74 Å². The standard InChI is InChI=1S/C11H15NO2/c1-8-5-4-6-10(9(8)2)14-7-11(13)12-3/h4-6H,7H2,1-3H3,(H,12,13). The third-order valence-electron chi connectivity index (χ3n) is 2.19. The average molecular weight is 193 g/mol. The van der Waals surface area contributed by atoms with Crippen molar-refractivity contribution in [1.82, 2.24) is 5.32 Å². The number of nitrogens with one attached hydrogen (secondary N) is 1. The maximum atomic E-state index is 10.9. The average Bonchev–Trinajstić information content (AvgIpc) is 2.20. The highest BCUT2D eigenvalue weighted by atomic mass is 16.5. The minimum Gasteiger partial charge on any atom is -0.483 e. The van der Waals surface area contributed by atoms with Crippen molar-refractivity contribution in [3.8, 4) is 5.75 Å². The molecule has 1 aromatic carbocycles. The maximum Gasteiger partial charge on any atom is 0.257 e. The number of likely N-dealkylation sites (N-methyl/N-ethyl adjacent to an activating group) is 1. The number of benzene rings is 1. The van der Waals surface area contributed by atoms with Crippen LogP contribution in [-0.4, -0.2) is 19.6 Å². The van der Waals surface area contributed by atoms with E-state index >= 15 is 0 Å². The molecule has 0 saturated carbocycles. The Bertz CT molecular complexity index is 334. The smallest absolute Gasteiger partial charge is 0.257 e. The molecule has 0 saturated heterocycles. The van der Waals surface area contributed by atoms with Crippen molar-refractivity contribution in [1.29, 1.82) is 0 Å². The molecule has 1 amide bonds. The lowest BCUT2D eigenvalue weighted by atomic mass is 10.1. The van der Waals surface area contributed by atoms with Gasteiger partial charge in [-0.2, -0.15) is 0 Å². The van der Waals surface area contributed by atoms with E-state index in [1.54, 1.807) is 7.05 Å². The van der Waals surface area contributed by atoms with Gasteiger partial charge in [0.2, 0.25) is 0 Å². The van der Waals surface area contributed by atoms with Gasteiger partial charge >= 0.3 is 0 Å². The molecule has 76 valence electrons. The first kappa shape index (κ1) is 10.6. The van der Waals surface area contributed by atoms with Gasteiger partial charge in [-0.05, 0) is 31.0 Å². The Hall–Kier alpha value is -1.51. The quantitative estimate of drug-likeness (QED) is 0.788. The van der Waals surface area contributed by atoms with Gasteiger partial charge in [-0.15, -0.1) is 0 Å². The van der Waals surface area contributed by atoms with Crippen molar-refractivity contribution in [2.75, 3.05) is 13.7 Å². The Labute approximate surface area is 84.1 Å². The van der Waals surface area contributed by atoms with Crippen molar-refractivity contribution in [3.05, 3.63) is 29.3 Å². The van der Waals surface area contributed by atoms with Crippen molar-refractivity contribution >= 4 is 5.91 Å². The lowest BCUT2D eigenvalue weighted by Crippen LogP contribution is -2.25. The largest absolute Gasteiger partial charge is 0.483 e. The Morgan fingerprint density at radius 2 is 2.14 bits per heavy atom. The van der Waals surface area contributed by atoms with E-state index in [1.165, 1.54) is 5.56 Å². The molecule has 0 unspecified atom stereocenters. The van der Waals surface area contributed by atoms with Gasteiger partial charge in [0.25, 0.3) is 5.91 Å². The molecular formula is C11H15NO2. The molecular weight excluding hydrogens is 178 g/mol. The minimum absolute atomic E-state index is 0.0702. The molecule has 0 aliphatic rings. The van der Waals surface area contributed by atoms with Crippen molar-refractivity contribution in [3.63, 3.8) is 0 Å². The van der Waals surface area contributed by atoms with Gasteiger partial charge in [-0.1, -0.05) is 12.1 Å². The number of hydrogen-bond acceptors (Lipinski definition) is 2. The SMILES string of the molecule is CNC(=O)COc1cccc(C)c1C. The highest BCUT2D eigenvalue weighted by Gasteiger charge is 2.03. The number of carbonyl (C=O) groups is 1. The Morgan fingerprint density at radius 1 is 1.43 bits per heavy atom. The Kier molecular flexibility index (Phi) is 3.51. The minimum atomic E-state index is -0.120. The number of amides is 1. The van der Waals surface area contributed by atoms with Gasteiger partial charge in [0.1, 0.15) is 5.75 Å². The van der Waals surface area contributed by atoms with Crippen LogP contribution in [0.2, 0.25) is 0 Å². The number of ether oxygens (including phenoxy) is 1. The van der Waals surface area contributed by atoms with Crippen molar-refractivity contribution in [2.24, 2.45) is 0 Å². The van der Waals surface area contributed by atoms with Gasteiger partial charge in [0.15, 0.2) is 6.61 Å².